The third-order valence-corrected chi connectivity index (χ3v) is 6.02. The van der Waals surface area contributed by atoms with Crippen molar-refractivity contribution in [3.8, 4) is 0 Å². The average molecular weight is 549 g/mol. The van der Waals surface area contributed by atoms with Crippen molar-refractivity contribution in [2.75, 3.05) is 6.54 Å². The molecule has 0 saturated heterocycles. The minimum atomic E-state index is -3.41. The molecule has 1 aliphatic rings. The molecule has 0 heterocycles. The van der Waals surface area contributed by atoms with Crippen LogP contribution in [0.25, 0.3) is 0 Å². The van der Waals surface area contributed by atoms with E-state index in [2.05, 4.69) is 20.3 Å². The van der Waals surface area contributed by atoms with Crippen LogP contribution >= 0.6 is 35.6 Å². The van der Waals surface area contributed by atoms with Crippen LogP contribution in [0.4, 0.5) is 0 Å². The lowest BCUT2D eigenvalue weighted by Gasteiger charge is -2.12. The first-order valence-electron chi connectivity index (χ1n) is 9.34. The molecule has 6 nitrogen and oxygen atoms in total. The molecule has 29 heavy (non-hydrogen) atoms. The van der Waals surface area contributed by atoms with Crippen LogP contribution in [-0.2, 0) is 23.1 Å². The van der Waals surface area contributed by atoms with Crippen molar-refractivity contribution in [2.45, 2.75) is 43.8 Å². The van der Waals surface area contributed by atoms with Crippen LogP contribution in [0.2, 0.25) is 5.02 Å². The second kappa shape index (κ2) is 11.1. The lowest BCUT2D eigenvalue weighted by molar-refractivity contribution is 0.581. The highest BCUT2D eigenvalue weighted by atomic mass is 127. The van der Waals surface area contributed by atoms with Crippen molar-refractivity contribution >= 4 is 51.6 Å². The number of aliphatic imine (C=N–C) groups is 1. The van der Waals surface area contributed by atoms with E-state index in [9.17, 15) is 8.42 Å². The SMILES string of the molecule is CCNC(=NCc1cccc(Cl)c1)NCc1ccc(S(=O)(=O)NC2CC2)cc1.I. The minimum Gasteiger partial charge on any atom is -0.357 e. The molecule has 2 aromatic carbocycles. The molecule has 3 N–H and O–H groups in total. The maximum Gasteiger partial charge on any atom is 0.240 e. The summed E-state index contributed by atoms with van der Waals surface area (Å²) in [6.07, 6.45) is 1.84. The highest BCUT2D eigenvalue weighted by molar-refractivity contribution is 14.0. The number of halogens is 2. The third-order valence-electron chi connectivity index (χ3n) is 4.25. The molecule has 0 amide bonds. The van der Waals surface area contributed by atoms with Crippen molar-refractivity contribution in [1.29, 1.82) is 0 Å². The predicted molar refractivity (Wildman–Crippen MR) is 128 cm³/mol. The van der Waals surface area contributed by atoms with E-state index in [1.165, 1.54) is 0 Å². The van der Waals surface area contributed by atoms with Gasteiger partial charge in [0, 0.05) is 24.2 Å². The molecule has 2 aromatic rings. The van der Waals surface area contributed by atoms with Crippen LogP contribution in [0.5, 0.6) is 0 Å². The van der Waals surface area contributed by atoms with Crippen molar-refractivity contribution < 1.29 is 8.42 Å². The van der Waals surface area contributed by atoms with Gasteiger partial charge in [0.25, 0.3) is 0 Å². The van der Waals surface area contributed by atoms with Gasteiger partial charge in [0.15, 0.2) is 5.96 Å². The zero-order valence-corrected chi connectivity index (χ0v) is 20.1. The Kier molecular flexibility index (Phi) is 9.19. The molecule has 1 saturated carbocycles. The van der Waals surface area contributed by atoms with Gasteiger partial charge in [0.2, 0.25) is 10.0 Å². The fourth-order valence-corrected chi connectivity index (χ4v) is 4.13. The zero-order valence-electron chi connectivity index (χ0n) is 16.2. The van der Waals surface area contributed by atoms with E-state index in [-0.39, 0.29) is 30.0 Å². The summed E-state index contributed by atoms with van der Waals surface area (Å²) < 4.78 is 27.1. The second-order valence-corrected chi connectivity index (χ2v) is 8.87. The van der Waals surface area contributed by atoms with Crippen molar-refractivity contribution in [1.82, 2.24) is 15.4 Å². The first kappa shape index (κ1) is 23.9. The third kappa shape index (κ3) is 7.76. The summed E-state index contributed by atoms with van der Waals surface area (Å²) >= 11 is 6.01. The molecule has 1 fully saturated rings. The molecule has 0 aromatic heterocycles. The van der Waals surface area contributed by atoms with E-state index in [4.69, 9.17) is 11.6 Å². The number of sulfonamides is 1. The van der Waals surface area contributed by atoms with Crippen molar-refractivity contribution in [3.63, 3.8) is 0 Å². The molecule has 0 spiro atoms. The smallest absolute Gasteiger partial charge is 0.240 e. The highest BCUT2D eigenvalue weighted by Crippen LogP contribution is 2.22. The fourth-order valence-electron chi connectivity index (χ4n) is 2.61. The Hall–Kier alpha value is -1.36. The standard InChI is InChI=1S/C20H25ClN4O2S.HI/c1-2-22-20(24-14-16-4-3-5-17(21)12-16)23-13-15-6-10-19(11-7-15)28(26,27)25-18-8-9-18;/h3-7,10-12,18,25H,2,8-9,13-14H2,1H3,(H2,22,23,24);1H. The van der Waals surface area contributed by atoms with Gasteiger partial charge in [-0.3, -0.25) is 0 Å². The molecule has 158 valence electrons. The Balaban J connectivity index is 0.00000300. The van der Waals surface area contributed by atoms with E-state index in [0.717, 1.165) is 30.5 Å². The van der Waals surface area contributed by atoms with Gasteiger partial charge in [-0.2, -0.15) is 0 Å². The number of guanidine groups is 1. The normalized spacial score (nSPS) is 14.2. The average Bonchev–Trinajstić information content (AvgIpc) is 3.48. The maximum absolute atomic E-state index is 12.2. The van der Waals surface area contributed by atoms with Gasteiger partial charge in [-0.1, -0.05) is 35.9 Å². The molecule has 0 aliphatic heterocycles. The number of nitrogens with zero attached hydrogens (tertiary/aromatic N) is 1. The number of benzene rings is 2. The maximum atomic E-state index is 12.2. The Labute approximate surface area is 194 Å². The topological polar surface area (TPSA) is 82.6 Å². The zero-order chi connectivity index (χ0) is 20.0. The van der Waals surface area contributed by atoms with Gasteiger partial charge < -0.3 is 10.6 Å². The molecule has 1 aliphatic carbocycles. The Morgan fingerprint density at radius 3 is 2.45 bits per heavy atom. The summed E-state index contributed by atoms with van der Waals surface area (Å²) in [6.45, 7) is 3.80. The highest BCUT2D eigenvalue weighted by Gasteiger charge is 2.27. The van der Waals surface area contributed by atoms with Crippen LogP contribution in [0.1, 0.15) is 30.9 Å². The quantitative estimate of drug-likeness (QED) is 0.267. The van der Waals surface area contributed by atoms with Crippen LogP contribution in [0.3, 0.4) is 0 Å². The molecular formula is C20H26ClIN4O2S. The van der Waals surface area contributed by atoms with E-state index in [1.54, 1.807) is 12.1 Å². The second-order valence-electron chi connectivity index (χ2n) is 6.72. The molecular weight excluding hydrogens is 523 g/mol. The number of nitrogens with one attached hydrogen (secondary N) is 3. The summed E-state index contributed by atoms with van der Waals surface area (Å²) in [4.78, 5) is 4.86. The first-order valence-corrected chi connectivity index (χ1v) is 11.2. The monoisotopic (exact) mass is 548 g/mol. The predicted octanol–water partition coefficient (Wildman–Crippen LogP) is 3.65. The number of rotatable bonds is 8. The summed E-state index contributed by atoms with van der Waals surface area (Å²) in [5.74, 6) is 0.689. The lowest BCUT2D eigenvalue weighted by atomic mass is 10.2. The summed E-state index contributed by atoms with van der Waals surface area (Å²) in [5, 5.41) is 7.16. The number of hydrogen-bond donors (Lipinski definition) is 3. The van der Waals surface area contributed by atoms with Gasteiger partial charge in [0.1, 0.15) is 0 Å². The summed E-state index contributed by atoms with van der Waals surface area (Å²) in [5.41, 5.74) is 2.00. The fraction of sp³-hybridized carbons (Fsp3) is 0.350. The van der Waals surface area contributed by atoms with E-state index in [0.29, 0.717) is 29.0 Å². The van der Waals surface area contributed by atoms with Gasteiger partial charge >= 0.3 is 0 Å². The molecule has 3 rings (SSSR count). The van der Waals surface area contributed by atoms with Crippen LogP contribution in [-0.4, -0.2) is 27.0 Å². The Morgan fingerprint density at radius 1 is 1.10 bits per heavy atom. The number of hydrogen-bond acceptors (Lipinski definition) is 3. The van der Waals surface area contributed by atoms with E-state index >= 15 is 0 Å². The van der Waals surface area contributed by atoms with Gasteiger partial charge in [0.05, 0.1) is 11.4 Å². The Bertz CT molecular complexity index is 932. The lowest BCUT2D eigenvalue weighted by Crippen LogP contribution is -2.36. The van der Waals surface area contributed by atoms with Gasteiger partial charge in [-0.25, -0.2) is 18.1 Å². The molecule has 0 atom stereocenters. The van der Waals surface area contributed by atoms with Crippen LogP contribution in [0.15, 0.2) is 58.4 Å². The summed E-state index contributed by atoms with van der Waals surface area (Å²) in [6, 6.07) is 14.6. The van der Waals surface area contributed by atoms with E-state index < -0.39 is 10.0 Å². The van der Waals surface area contributed by atoms with E-state index in [1.807, 2.05) is 43.3 Å². The molecule has 0 radical (unpaired) electrons. The van der Waals surface area contributed by atoms with Crippen LogP contribution in [0, 0.1) is 0 Å². The Morgan fingerprint density at radius 2 is 1.83 bits per heavy atom. The molecule has 0 bridgehead atoms. The largest absolute Gasteiger partial charge is 0.357 e. The summed E-state index contributed by atoms with van der Waals surface area (Å²) in [7, 11) is -3.41. The van der Waals surface area contributed by atoms with Gasteiger partial charge in [-0.05, 0) is 55.2 Å². The minimum absolute atomic E-state index is 0. The molecule has 0 unspecified atom stereocenters. The molecule has 9 heteroatoms. The van der Waals surface area contributed by atoms with Crippen LogP contribution < -0.4 is 15.4 Å². The first-order chi connectivity index (χ1) is 13.5. The van der Waals surface area contributed by atoms with Gasteiger partial charge in [-0.15, -0.1) is 24.0 Å². The van der Waals surface area contributed by atoms with Crippen molar-refractivity contribution in [3.05, 3.63) is 64.7 Å². The van der Waals surface area contributed by atoms with Crippen molar-refractivity contribution in [2.24, 2.45) is 4.99 Å².